The molecule has 1 heterocycles. The molecule has 0 aromatic carbocycles. The third-order valence-corrected chi connectivity index (χ3v) is 4.50. The monoisotopic (exact) mass is 268 g/mol. The molecule has 5 heteroatoms. The smallest absolute Gasteiger partial charge is 0.404 e. The van der Waals surface area contributed by atoms with Crippen molar-refractivity contribution in [3.05, 3.63) is 0 Å². The molecule has 1 saturated heterocycles. The molecule has 0 aromatic heterocycles. The summed E-state index contributed by atoms with van der Waals surface area (Å²) < 4.78 is 0. The average molecular weight is 268 g/mol. The number of carbonyl (C=O) groups is 2. The molecule has 108 valence electrons. The van der Waals surface area contributed by atoms with E-state index in [1.807, 2.05) is 4.90 Å². The van der Waals surface area contributed by atoms with Crippen molar-refractivity contribution in [2.24, 2.45) is 11.3 Å². The van der Waals surface area contributed by atoms with E-state index in [1.165, 1.54) is 0 Å². The van der Waals surface area contributed by atoms with Gasteiger partial charge in [0.25, 0.3) is 0 Å². The summed E-state index contributed by atoms with van der Waals surface area (Å²) in [5.41, 5.74) is 0.365. The summed E-state index contributed by atoms with van der Waals surface area (Å²) in [6.07, 6.45) is 3.37. The van der Waals surface area contributed by atoms with Crippen LogP contribution in [0, 0.1) is 11.3 Å². The number of hydrogen-bond acceptors (Lipinski definition) is 2. The maximum absolute atomic E-state index is 12.1. The Kier molecular flexibility index (Phi) is 4.02. The highest BCUT2D eigenvalue weighted by Crippen LogP contribution is 2.33. The van der Waals surface area contributed by atoms with Crippen molar-refractivity contribution >= 4 is 12.0 Å². The van der Waals surface area contributed by atoms with Gasteiger partial charge in [0, 0.05) is 25.6 Å². The number of carboxylic acid groups (broad SMARTS) is 1. The molecule has 19 heavy (non-hydrogen) atoms. The van der Waals surface area contributed by atoms with Crippen LogP contribution in [0.3, 0.4) is 0 Å². The van der Waals surface area contributed by atoms with Crippen molar-refractivity contribution in [2.45, 2.75) is 52.0 Å². The molecule has 0 spiro atoms. The zero-order valence-electron chi connectivity index (χ0n) is 11.8. The fourth-order valence-corrected chi connectivity index (χ4v) is 2.93. The second kappa shape index (κ2) is 5.39. The molecule has 2 N–H and O–H groups in total. The van der Waals surface area contributed by atoms with Crippen LogP contribution in [0.1, 0.15) is 46.0 Å². The van der Waals surface area contributed by atoms with E-state index in [1.54, 1.807) is 0 Å². The van der Waals surface area contributed by atoms with Crippen LogP contribution in [0.4, 0.5) is 4.79 Å². The van der Waals surface area contributed by atoms with Gasteiger partial charge in [-0.2, -0.15) is 0 Å². The number of nitrogens with one attached hydrogen (secondary N) is 1. The fourth-order valence-electron chi connectivity index (χ4n) is 2.93. The van der Waals surface area contributed by atoms with E-state index >= 15 is 0 Å². The lowest BCUT2D eigenvalue weighted by Gasteiger charge is -2.39. The van der Waals surface area contributed by atoms with Gasteiger partial charge in [0.1, 0.15) is 0 Å². The molecule has 0 radical (unpaired) electrons. The third-order valence-electron chi connectivity index (χ3n) is 4.50. The van der Waals surface area contributed by atoms with E-state index in [9.17, 15) is 9.59 Å². The van der Waals surface area contributed by atoms with Gasteiger partial charge in [0.15, 0.2) is 0 Å². The molecule has 1 aliphatic heterocycles. The number of nitrogens with zero attached hydrogens (tertiary/aromatic N) is 1. The summed E-state index contributed by atoms with van der Waals surface area (Å²) in [7, 11) is 0. The molecule has 0 bridgehead atoms. The van der Waals surface area contributed by atoms with E-state index in [4.69, 9.17) is 5.11 Å². The summed E-state index contributed by atoms with van der Waals surface area (Å²) in [6.45, 7) is 6.25. The number of hydrogen-bond donors (Lipinski definition) is 2. The molecule has 2 aliphatic rings. The predicted octanol–water partition coefficient (Wildman–Crippen LogP) is 2.07. The van der Waals surface area contributed by atoms with Gasteiger partial charge >= 0.3 is 6.09 Å². The fraction of sp³-hybridized carbons (Fsp3) is 0.857. The lowest BCUT2D eigenvalue weighted by Crippen LogP contribution is -2.46. The zero-order chi connectivity index (χ0) is 14.0. The topological polar surface area (TPSA) is 69.6 Å². The Morgan fingerprint density at radius 2 is 1.84 bits per heavy atom. The Hall–Kier alpha value is -1.26. The molecule has 2 rings (SSSR count). The SMILES string of the molecule is CC1(C)CCN(C(=O)CC2CC(NC(=O)O)C2)CC1. The van der Waals surface area contributed by atoms with Crippen LogP contribution >= 0.6 is 0 Å². The molecule has 1 saturated carbocycles. The maximum atomic E-state index is 12.1. The van der Waals surface area contributed by atoms with Gasteiger partial charge < -0.3 is 15.3 Å². The van der Waals surface area contributed by atoms with Crippen molar-refractivity contribution in [3.8, 4) is 0 Å². The summed E-state index contributed by atoms with van der Waals surface area (Å²) >= 11 is 0. The van der Waals surface area contributed by atoms with Crippen molar-refractivity contribution in [2.75, 3.05) is 13.1 Å². The molecule has 0 atom stereocenters. The normalized spacial score (nSPS) is 29.5. The van der Waals surface area contributed by atoms with Crippen LogP contribution in [0.25, 0.3) is 0 Å². The van der Waals surface area contributed by atoms with Crippen molar-refractivity contribution in [1.82, 2.24) is 10.2 Å². The average Bonchev–Trinajstić information content (AvgIpc) is 2.25. The first-order valence-electron chi connectivity index (χ1n) is 7.13. The lowest BCUT2D eigenvalue weighted by molar-refractivity contribution is -0.135. The minimum Gasteiger partial charge on any atom is -0.465 e. The highest BCUT2D eigenvalue weighted by Gasteiger charge is 2.34. The summed E-state index contributed by atoms with van der Waals surface area (Å²) in [6, 6.07) is 0.0515. The summed E-state index contributed by atoms with van der Waals surface area (Å²) in [5, 5.41) is 11.0. The second-order valence-electron chi connectivity index (χ2n) is 6.73. The van der Waals surface area contributed by atoms with Gasteiger partial charge in [-0.05, 0) is 37.0 Å². The van der Waals surface area contributed by atoms with Crippen LogP contribution in [-0.2, 0) is 4.79 Å². The molecular formula is C14H24N2O3. The van der Waals surface area contributed by atoms with Crippen LogP contribution < -0.4 is 5.32 Å². The van der Waals surface area contributed by atoms with Crippen molar-refractivity contribution in [3.63, 3.8) is 0 Å². The van der Waals surface area contributed by atoms with E-state index < -0.39 is 6.09 Å². The Balaban J connectivity index is 1.68. The van der Waals surface area contributed by atoms with E-state index in [2.05, 4.69) is 19.2 Å². The highest BCUT2D eigenvalue weighted by atomic mass is 16.4. The first-order valence-corrected chi connectivity index (χ1v) is 7.13. The number of piperidine rings is 1. The van der Waals surface area contributed by atoms with Crippen LogP contribution in [0.15, 0.2) is 0 Å². The number of rotatable bonds is 3. The summed E-state index contributed by atoms with van der Waals surface area (Å²) in [4.78, 5) is 24.6. The molecular weight excluding hydrogens is 244 g/mol. The first kappa shape index (κ1) is 14.2. The minimum atomic E-state index is -0.965. The van der Waals surface area contributed by atoms with Crippen molar-refractivity contribution in [1.29, 1.82) is 0 Å². The number of likely N-dealkylation sites (tertiary alicyclic amines) is 1. The predicted molar refractivity (Wildman–Crippen MR) is 71.9 cm³/mol. The van der Waals surface area contributed by atoms with E-state index in [-0.39, 0.29) is 11.9 Å². The minimum absolute atomic E-state index is 0.0515. The van der Waals surface area contributed by atoms with Gasteiger partial charge in [-0.3, -0.25) is 4.79 Å². The Bertz CT molecular complexity index is 352. The second-order valence-corrected chi connectivity index (χ2v) is 6.73. The van der Waals surface area contributed by atoms with Crippen LogP contribution in [-0.4, -0.2) is 41.1 Å². The molecule has 5 nitrogen and oxygen atoms in total. The van der Waals surface area contributed by atoms with E-state index in [0.717, 1.165) is 38.8 Å². The van der Waals surface area contributed by atoms with Gasteiger partial charge in [-0.15, -0.1) is 0 Å². The van der Waals surface area contributed by atoms with Crippen LogP contribution in [0.2, 0.25) is 0 Å². The largest absolute Gasteiger partial charge is 0.465 e. The standard InChI is InChI=1S/C14H24N2O3/c1-14(2)3-5-16(6-4-14)12(17)9-10-7-11(8-10)15-13(18)19/h10-11,15H,3-9H2,1-2H3,(H,18,19). The molecule has 1 aliphatic carbocycles. The lowest BCUT2D eigenvalue weighted by atomic mass is 9.77. The Labute approximate surface area is 114 Å². The van der Waals surface area contributed by atoms with Gasteiger partial charge in [-0.25, -0.2) is 4.79 Å². The van der Waals surface area contributed by atoms with Gasteiger partial charge in [0.2, 0.25) is 5.91 Å². The highest BCUT2D eigenvalue weighted by molar-refractivity contribution is 5.76. The Morgan fingerprint density at radius 1 is 1.26 bits per heavy atom. The Morgan fingerprint density at radius 3 is 2.37 bits per heavy atom. The third kappa shape index (κ3) is 3.85. The van der Waals surface area contributed by atoms with Crippen molar-refractivity contribution < 1.29 is 14.7 Å². The molecule has 2 amide bonds. The van der Waals surface area contributed by atoms with Crippen LogP contribution in [0.5, 0.6) is 0 Å². The summed E-state index contributed by atoms with van der Waals surface area (Å²) in [5.74, 6) is 0.605. The number of carbonyl (C=O) groups excluding carboxylic acids is 1. The van der Waals surface area contributed by atoms with E-state index in [0.29, 0.717) is 17.8 Å². The zero-order valence-corrected chi connectivity index (χ0v) is 11.8. The molecule has 0 unspecified atom stereocenters. The number of amides is 2. The molecule has 2 fully saturated rings. The quantitative estimate of drug-likeness (QED) is 0.823. The van der Waals surface area contributed by atoms with Gasteiger partial charge in [0.05, 0.1) is 0 Å². The maximum Gasteiger partial charge on any atom is 0.404 e. The van der Waals surface area contributed by atoms with Gasteiger partial charge in [-0.1, -0.05) is 13.8 Å². The molecule has 0 aromatic rings. The first-order chi connectivity index (χ1) is 8.85.